The van der Waals surface area contributed by atoms with E-state index in [1.165, 1.54) is 42.9 Å². The summed E-state index contributed by atoms with van der Waals surface area (Å²) in [5.41, 5.74) is 16.9. The van der Waals surface area contributed by atoms with Gasteiger partial charge in [0.15, 0.2) is 42.9 Å². The zero-order valence-corrected chi connectivity index (χ0v) is 44.8. The lowest BCUT2D eigenvalue weighted by Crippen LogP contribution is -2.12. The zero-order valence-electron chi connectivity index (χ0n) is 40.6. The average molecular weight is 1070 g/mol. The minimum Gasteiger partial charge on any atom is -0.382 e. The molecular formula is C49H59FN6O10P2S3. The Balaban J connectivity index is 0.000000292. The number of rotatable bonds is 20. The predicted molar refractivity (Wildman–Crippen MR) is 280 cm³/mol. The molecule has 0 saturated carbocycles. The molecule has 2 atom stereocenters. The van der Waals surface area contributed by atoms with Crippen molar-refractivity contribution >= 4 is 69.8 Å². The van der Waals surface area contributed by atoms with E-state index in [1.54, 1.807) is 52.0 Å². The summed E-state index contributed by atoms with van der Waals surface area (Å²) in [6.45, 7) is 10.9. The highest BCUT2D eigenvalue weighted by atomic mass is 32.2. The molecule has 22 heteroatoms. The Morgan fingerprint density at radius 1 is 0.577 bits per heavy atom. The molecule has 0 radical (unpaired) electrons. The van der Waals surface area contributed by atoms with Crippen LogP contribution in [-0.4, -0.2) is 91.1 Å². The molecule has 6 aromatic rings. The fourth-order valence-corrected chi connectivity index (χ4v) is 16.5. The summed E-state index contributed by atoms with van der Waals surface area (Å²) in [6.07, 6.45) is 4.64. The lowest BCUT2D eigenvalue weighted by molar-refractivity contribution is 0.0980. The van der Waals surface area contributed by atoms with Gasteiger partial charge in [0.1, 0.15) is 22.4 Å². The van der Waals surface area contributed by atoms with Crippen LogP contribution in [0.15, 0.2) is 119 Å². The smallest absolute Gasteiger partial charge is 0.217 e. The first-order valence-corrected chi connectivity index (χ1v) is 30.7. The van der Waals surface area contributed by atoms with E-state index in [9.17, 15) is 39.4 Å². The van der Waals surface area contributed by atoms with Crippen LogP contribution >= 0.6 is 26.9 Å². The third-order valence-corrected chi connectivity index (χ3v) is 21.8. The molecule has 0 bridgehead atoms. The molecule has 4 aromatic carbocycles. The first-order chi connectivity index (χ1) is 33.5. The molecule has 380 valence electrons. The molecule has 0 aliphatic carbocycles. The number of Topliss-reactive ketones (excluding diaryl/α,β-unsaturated/α-hetero) is 2. The Kier molecular flexibility index (Phi) is 21.5. The second-order valence-electron chi connectivity index (χ2n) is 15.9. The summed E-state index contributed by atoms with van der Waals surface area (Å²) in [4.78, 5) is 42.9. The summed E-state index contributed by atoms with van der Waals surface area (Å²) in [5.74, 6) is -0.597. The SMILES string of the molecule is CCOP(=O)(CC)CS(=O)(=O)c1ccc(CC(=O)c2nc(-c3ccc(C)cc3)cnc2N)cc1.CCO[P@](=O)(CC)CS(=O)(=O)c1ccc(CC(=O)c2nc(-c3ccc(C)cc3)cnc2N)cc1.CSF. The van der Waals surface area contributed by atoms with Gasteiger partial charge in [-0.2, -0.15) is 3.89 Å². The number of ketones is 2. The number of aromatic nitrogens is 4. The third kappa shape index (κ3) is 16.8. The van der Waals surface area contributed by atoms with Gasteiger partial charge in [0, 0.05) is 54.7 Å². The van der Waals surface area contributed by atoms with Crippen molar-refractivity contribution < 1.29 is 48.5 Å². The molecule has 4 N–H and O–H groups in total. The summed E-state index contributed by atoms with van der Waals surface area (Å²) >= 11 is 0.250. The van der Waals surface area contributed by atoms with Gasteiger partial charge in [-0.05, 0) is 63.1 Å². The van der Waals surface area contributed by atoms with E-state index < -0.39 is 45.4 Å². The lowest BCUT2D eigenvalue weighted by atomic mass is 10.1. The van der Waals surface area contributed by atoms with Crippen LogP contribution in [0, 0.1) is 13.8 Å². The van der Waals surface area contributed by atoms with Gasteiger partial charge >= 0.3 is 0 Å². The lowest BCUT2D eigenvalue weighted by Gasteiger charge is -2.16. The highest BCUT2D eigenvalue weighted by Crippen LogP contribution is 2.49. The van der Waals surface area contributed by atoms with Crippen molar-refractivity contribution in [3.63, 3.8) is 0 Å². The van der Waals surface area contributed by atoms with Gasteiger partial charge in [0.25, 0.3) is 0 Å². The largest absolute Gasteiger partial charge is 0.382 e. The standard InChI is InChI=1S/2C24H28N3O5PS.CH3FS/c2*1-4-32-33(29,5-2)16-34(30,31)20-12-8-18(9-13-20)14-22(28)23-24(25)26-15-21(27-23)19-10-6-17(3)7-11-19;1-3-2/h2*6-13,15H,4-5,14,16H2,1-3H3,(H2,25,26);1H3/t33-;;/m1../s1. The van der Waals surface area contributed by atoms with Crippen LogP contribution in [0.5, 0.6) is 0 Å². The fraction of sp³-hybridized carbons (Fsp3) is 0.306. The summed E-state index contributed by atoms with van der Waals surface area (Å²) in [6, 6.07) is 27.2. The number of hydrogen-bond donors (Lipinski definition) is 2. The highest BCUT2D eigenvalue weighted by Gasteiger charge is 2.31. The first-order valence-electron chi connectivity index (χ1n) is 22.2. The Bertz CT molecular complexity index is 2890. The monoisotopic (exact) mass is 1070 g/mol. The molecule has 16 nitrogen and oxygen atoms in total. The maximum atomic E-state index is 12.9. The number of carbonyl (C=O) groups excluding carboxylic acids is 2. The second-order valence-corrected chi connectivity index (χ2v) is 26.8. The molecule has 0 spiro atoms. The van der Waals surface area contributed by atoms with Crippen molar-refractivity contribution in [2.24, 2.45) is 0 Å². The van der Waals surface area contributed by atoms with Gasteiger partial charge < -0.3 is 20.5 Å². The Morgan fingerprint density at radius 2 is 0.887 bits per heavy atom. The van der Waals surface area contributed by atoms with E-state index in [0.29, 0.717) is 22.5 Å². The van der Waals surface area contributed by atoms with E-state index in [2.05, 4.69) is 19.9 Å². The average Bonchev–Trinajstić information content (AvgIpc) is 3.33. The van der Waals surface area contributed by atoms with Crippen molar-refractivity contribution in [2.45, 2.75) is 64.2 Å². The van der Waals surface area contributed by atoms with Crippen LogP contribution in [0.3, 0.4) is 0 Å². The number of benzene rings is 4. The maximum Gasteiger partial charge on any atom is 0.217 e. The third-order valence-electron chi connectivity index (χ3n) is 10.5. The number of aryl methyl sites for hydroxylation is 2. The van der Waals surface area contributed by atoms with E-state index in [-0.39, 0.29) is 94.9 Å². The number of carbonyl (C=O) groups is 2. The van der Waals surface area contributed by atoms with Crippen LogP contribution in [-0.2, 0) is 50.7 Å². The quantitative estimate of drug-likeness (QED) is 0.0532. The van der Waals surface area contributed by atoms with E-state index >= 15 is 0 Å². The Hall–Kier alpha value is -5.46. The van der Waals surface area contributed by atoms with E-state index in [4.69, 9.17) is 20.5 Å². The highest BCUT2D eigenvalue weighted by molar-refractivity contribution is 7.98. The summed E-state index contributed by atoms with van der Waals surface area (Å²) in [7, 11) is -14.2. The van der Waals surface area contributed by atoms with Gasteiger partial charge in [0.2, 0.25) is 14.7 Å². The van der Waals surface area contributed by atoms with Crippen molar-refractivity contribution in [1.29, 1.82) is 0 Å². The molecule has 0 amide bonds. The molecule has 0 aliphatic rings. The predicted octanol–water partition coefficient (Wildman–Crippen LogP) is 10.3. The van der Waals surface area contributed by atoms with Crippen molar-refractivity contribution in [3.8, 4) is 22.5 Å². The molecule has 6 rings (SSSR count). The topological polar surface area (TPSA) is 259 Å². The van der Waals surface area contributed by atoms with Crippen LogP contribution in [0.4, 0.5) is 15.5 Å². The maximum absolute atomic E-state index is 12.9. The molecule has 0 fully saturated rings. The van der Waals surface area contributed by atoms with Gasteiger partial charge in [-0.15, -0.1) is 0 Å². The fourth-order valence-electron chi connectivity index (χ4n) is 6.68. The summed E-state index contributed by atoms with van der Waals surface area (Å²) in [5, 5.41) is 0. The minimum absolute atomic E-state index is 0.0248. The van der Waals surface area contributed by atoms with E-state index in [1.807, 2.05) is 62.4 Å². The Morgan fingerprint density at radius 3 is 1.17 bits per heavy atom. The van der Waals surface area contributed by atoms with Gasteiger partial charge in [-0.1, -0.05) is 97.8 Å². The first kappa shape index (κ1) is 58.1. The molecule has 1 unspecified atom stereocenters. The Labute approximate surface area is 420 Å². The zero-order chi connectivity index (χ0) is 52.6. The van der Waals surface area contributed by atoms with Gasteiger partial charge in [-0.3, -0.25) is 18.7 Å². The number of nitrogens with zero attached hydrogens (tertiary/aromatic N) is 4. The number of sulfone groups is 2. The number of anilines is 2. The molecule has 0 aliphatic heterocycles. The molecular weight excluding hydrogens is 1010 g/mol. The van der Waals surface area contributed by atoms with Crippen LogP contribution < -0.4 is 11.5 Å². The summed E-state index contributed by atoms with van der Waals surface area (Å²) < 4.78 is 96.8. The number of nitrogen functional groups attached to an aromatic ring is 2. The van der Waals surface area contributed by atoms with Crippen molar-refractivity contribution in [3.05, 3.63) is 143 Å². The van der Waals surface area contributed by atoms with E-state index in [0.717, 1.165) is 22.3 Å². The van der Waals surface area contributed by atoms with Crippen molar-refractivity contribution in [2.75, 3.05) is 54.2 Å². The number of nitrogens with two attached hydrogens (primary N) is 2. The van der Waals surface area contributed by atoms with Crippen LogP contribution in [0.2, 0.25) is 0 Å². The van der Waals surface area contributed by atoms with Crippen molar-refractivity contribution in [1.82, 2.24) is 19.9 Å². The van der Waals surface area contributed by atoms with Gasteiger partial charge in [0.05, 0.1) is 46.8 Å². The molecule has 71 heavy (non-hydrogen) atoms. The minimum atomic E-state index is -3.81. The molecule has 2 heterocycles. The molecule has 0 saturated heterocycles. The molecule has 2 aromatic heterocycles. The van der Waals surface area contributed by atoms with Crippen LogP contribution in [0.25, 0.3) is 22.5 Å². The van der Waals surface area contributed by atoms with Gasteiger partial charge in [-0.25, -0.2) is 36.8 Å². The second kappa shape index (κ2) is 26.3. The number of hydrogen-bond acceptors (Lipinski definition) is 17. The normalized spacial score (nSPS) is 13.1. The number of halogens is 1. The van der Waals surface area contributed by atoms with Crippen LogP contribution in [0.1, 0.15) is 70.9 Å².